The van der Waals surface area contributed by atoms with Crippen LogP contribution in [-0.4, -0.2) is 24.2 Å². The minimum absolute atomic E-state index is 0.00227. The summed E-state index contributed by atoms with van der Waals surface area (Å²) >= 11 is 3.09. The van der Waals surface area contributed by atoms with Crippen LogP contribution in [0.2, 0.25) is 0 Å². The van der Waals surface area contributed by atoms with E-state index in [9.17, 15) is 13.2 Å². The standard InChI is InChI=1S/C10H9BrF3NO3/c11-5-2-7-6(17-3-18-7)1-4(5)8(15)9(16)10(12,13)14/h1-2,8-9,16H,3,15H2/t8-,9-/m1/s1. The predicted molar refractivity (Wildman–Crippen MR) is 59.3 cm³/mol. The van der Waals surface area contributed by atoms with Gasteiger partial charge in [0.15, 0.2) is 17.6 Å². The summed E-state index contributed by atoms with van der Waals surface area (Å²) < 4.78 is 47.6. The van der Waals surface area contributed by atoms with E-state index in [0.717, 1.165) is 0 Å². The molecule has 0 aromatic heterocycles. The lowest BCUT2D eigenvalue weighted by atomic mass is 10.0. The third kappa shape index (κ3) is 2.40. The Balaban J connectivity index is 2.34. The first-order chi connectivity index (χ1) is 8.30. The summed E-state index contributed by atoms with van der Waals surface area (Å²) in [6.45, 7) is 0.00227. The molecule has 0 amide bonds. The van der Waals surface area contributed by atoms with E-state index in [1.165, 1.54) is 12.1 Å². The van der Waals surface area contributed by atoms with Gasteiger partial charge in [-0.15, -0.1) is 0 Å². The average molecular weight is 328 g/mol. The van der Waals surface area contributed by atoms with Crippen LogP contribution in [-0.2, 0) is 0 Å². The second-order valence-electron chi connectivity index (χ2n) is 3.74. The maximum absolute atomic E-state index is 12.4. The second-order valence-corrected chi connectivity index (χ2v) is 4.59. The molecule has 0 spiro atoms. The first-order valence-electron chi connectivity index (χ1n) is 4.90. The molecule has 1 aromatic carbocycles. The van der Waals surface area contributed by atoms with Crippen LogP contribution in [0.25, 0.3) is 0 Å². The van der Waals surface area contributed by atoms with E-state index in [2.05, 4.69) is 15.9 Å². The highest BCUT2D eigenvalue weighted by atomic mass is 79.9. The number of alkyl halides is 3. The fraction of sp³-hybridized carbons (Fsp3) is 0.400. The molecule has 18 heavy (non-hydrogen) atoms. The smallest absolute Gasteiger partial charge is 0.416 e. The number of aliphatic hydroxyl groups excluding tert-OH is 1. The number of rotatable bonds is 2. The molecule has 2 atom stereocenters. The molecule has 2 rings (SSSR count). The third-order valence-corrected chi connectivity index (χ3v) is 3.21. The normalized spacial score (nSPS) is 17.7. The Hall–Kier alpha value is -0.990. The molecule has 1 aliphatic heterocycles. The summed E-state index contributed by atoms with van der Waals surface area (Å²) in [6, 6.07) is 1.18. The number of aliphatic hydroxyl groups is 1. The molecule has 3 N–H and O–H groups in total. The number of hydrogen-bond donors (Lipinski definition) is 2. The van der Waals surface area contributed by atoms with E-state index in [1.807, 2.05) is 0 Å². The zero-order chi connectivity index (χ0) is 13.5. The van der Waals surface area contributed by atoms with Crippen LogP contribution in [0.15, 0.2) is 16.6 Å². The zero-order valence-corrected chi connectivity index (χ0v) is 10.5. The van der Waals surface area contributed by atoms with Crippen molar-refractivity contribution in [3.05, 3.63) is 22.2 Å². The Morgan fingerprint density at radius 2 is 1.83 bits per heavy atom. The zero-order valence-electron chi connectivity index (χ0n) is 8.87. The van der Waals surface area contributed by atoms with Crippen LogP contribution in [0, 0.1) is 0 Å². The van der Waals surface area contributed by atoms with Gasteiger partial charge in [-0.2, -0.15) is 13.2 Å². The van der Waals surface area contributed by atoms with Gasteiger partial charge in [-0.3, -0.25) is 0 Å². The molecular formula is C10H9BrF3NO3. The van der Waals surface area contributed by atoms with Gasteiger partial charge in [0.2, 0.25) is 6.79 Å². The van der Waals surface area contributed by atoms with Gasteiger partial charge in [0.05, 0.1) is 6.04 Å². The predicted octanol–water partition coefficient (Wildman–Crippen LogP) is 2.10. The Bertz CT molecular complexity index is 466. The van der Waals surface area contributed by atoms with Crippen LogP contribution in [0.5, 0.6) is 11.5 Å². The molecular weight excluding hydrogens is 319 g/mol. The van der Waals surface area contributed by atoms with Gasteiger partial charge in [0.25, 0.3) is 0 Å². The van der Waals surface area contributed by atoms with E-state index in [4.69, 9.17) is 20.3 Å². The molecule has 0 unspecified atom stereocenters. The summed E-state index contributed by atoms with van der Waals surface area (Å²) in [6.07, 6.45) is -7.43. The van der Waals surface area contributed by atoms with Crippen molar-refractivity contribution in [2.75, 3.05) is 6.79 Å². The van der Waals surface area contributed by atoms with E-state index >= 15 is 0 Å². The molecule has 0 saturated heterocycles. The van der Waals surface area contributed by atoms with Gasteiger partial charge in [-0.1, -0.05) is 15.9 Å². The van der Waals surface area contributed by atoms with Crippen molar-refractivity contribution in [1.29, 1.82) is 0 Å². The van der Waals surface area contributed by atoms with Crippen molar-refractivity contribution < 1.29 is 27.8 Å². The SMILES string of the molecule is N[C@H](c1cc2c(cc1Br)OCO2)[C@@H](O)C(F)(F)F. The molecule has 1 aromatic rings. The minimum Gasteiger partial charge on any atom is -0.454 e. The van der Waals surface area contributed by atoms with Crippen molar-refractivity contribution in [1.82, 2.24) is 0 Å². The Morgan fingerprint density at radius 3 is 2.39 bits per heavy atom. The monoisotopic (exact) mass is 327 g/mol. The molecule has 0 aliphatic carbocycles. The van der Waals surface area contributed by atoms with E-state index in [1.54, 1.807) is 0 Å². The largest absolute Gasteiger partial charge is 0.454 e. The van der Waals surface area contributed by atoms with Crippen LogP contribution < -0.4 is 15.2 Å². The lowest BCUT2D eigenvalue weighted by Gasteiger charge is -2.22. The quantitative estimate of drug-likeness (QED) is 0.873. The molecule has 4 nitrogen and oxygen atoms in total. The van der Waals surface area contributed by atoms with Crippen LogP contribution in [0.1, 0.15) is 11.6 Å². The van der Waals surface area contributed by atoms with Crippen molar-refractivity contribution in [2.45, 2.75) is 18.3 Å². The first-order valence-corrected chi connectivity index (χ1v) is 5.69. The molecule has 8 heteroatoms. The fourth-order valence-electron chi connectivity index (χ4n) is 1.56. The molecule has 1 aliphatic rings. The summed E-state index contributed by atoms with van der Waals surface area (Å²) in [7, 11) is 0. The van der Waals surface area contributed by atoms with Crippen LogP contribution in [0.3, 0.4) is 0 Å². The highest BCUT2D eigenvalue weighted by Gasteiger charge is 2.43. The second kappa shape index (κ2) is 4.60. The molecule has 0 fully saturated rings. The van der Waals surface area contributed by atoms with Crippen molar-refractivity contribution >= 4 is 15.9 Å². The number of halogens is 4. The summed E-state index contributed by atoms with van der Waals surface area (Å²) in [5.41, 5.74) is 5.52. The van der Waals surface area contributed by atoms with E-state index in [0.29, 0.717) is 16.0 Å². The number of ether oxygens (including phenoxy) is 2. The van der Waals surface area contributed by atoms with Crippen LogP contribution >= 0.6 is 15.9 Å². The maximum Gasteiger partial charge on any atom is 0.416 e. The number of nitrogens with two attached hydrogens (primary N) is 1. The van der Waals surface area contributed by atoms with Gasteiger partial charge >= 0.3 is 6.18 Å². The van der Waals surface area contributed by atoms with Crippen LogP contribution in [0.4, 0.5) is 13.2 Å². The van der Waals surface area contributed by atoms with Crippen molar-refractivity contribution in [2.24, 2.45) is 5.73 Å². The third-order valence-electron chi connectivity index (χ3n) is 2.53. The van der Waals surface area contributed by atoms with Gasteiger partial charge in [0.1, 0.15) is 0 Å². The van der Waals surface area contributed by atoms with Gasteiger partial charge in [-0.05, 0) is 17.7 Å². The Kier molecular flexibility index (Phi) is 3.43. The fourth-order valence-corrected chi connectivity index (χ4v) is 2.15. The van der Waals surface area contributed by atoms with Gasteiger partial charge in [0, 0.05) is 4.47 Å². The molecule has 0 bridgehead atoms. The number of benzene rings is 1. The molecule has 0 saturated carbocycles. The van der Waals surface area contributed by atoms with Gasteiger partial charge < -0.3 is 20.3 Å². The highest BCUT2D eigenvalue weighted by Crippen LogP contribution is 2.40. The van der Waals surface area contributed by atoms with E-state index in [-0.39, 0.29) is 12.4 Å². The lowest BCUT2D eigenvalue weighted by Crippen LogP contribution is -2.39. The Morgan fingerprint density at radius 1 is 1.28 bits per heavy atom. The minimum atomic E-state index is -4.78. The molecule has 100 valence electrons. The molecule has 0 radical (unpaired) electrons. The first kappa shape index (κ1) is 13.4. The summed E-state index contributed by atoms with van der Waals surface area (Å²) in [4.78, 5) is 0. The average Bonchev–Trinajstić information content (AvgIpc) is 2.71. The topological polar surface area (TPSA) is 64.7 Å². The summed E-state index contributed by atoms with van der Waals surface area (Å²) in [5.74, 6) is 0.720. The van der Waals surface area contributed by atoms with Crippen molar-refractivity contribution in [3.63, 3.8) is 0 Å². The van der Waals surface area contributed by atoms with Gasteiger partial charge in [-0.25, -0.2) is 0 Å². The number of fused-ring (bicyclic) bond motifs is 1. The van der Waals surface area contributed by atoms with E-state index < -0.39 is 18.3 Å². The maximum atomic E-state index is 12.4. The summed E-state index contributed by atoms with van der Waals surface area (Å²) in [5, 5.41) is 9.14. The Labute approximate surface area is 109 Å². The molecule has 1 heterocycles. The number of hydrogen-bond acceptors (Lipinski definition) is 4. The van der Waals surface area contributed by atoms with Crippen molar-refractivity contribution in [3.8, 4) is 11.5 Å². The lowest BCUT2D eigenvalue weighted by molar-refractivity contribution is -0.210. The highest BCUT2D eigenvalue weighted by molar-refractivity contribution is 9.10.